The van der Waals surface area contributed by atoms with Crippen LogP contribution in [0.2, 0.25) is 0 Å². The number of nitrogens with zero attached hydrogens (tertiary/aromatic N) is 2. The largest absolute Gasteiger partial charge is 0.367 e. The van der Waals surface area contributed by atoms with Crippen LogP contribution < -0.4 is 0 Å². The maximum Gasteiger partial charge on any atom is 0.187 e. The second-order valence-electron chi connectivity index (χ2n) is 3.06. The first kappa shape index (κ1) is 7.32. The second kappa shape index (κ2) is 2.70. The zero-order valence-corrected chi connectivity index (χ0v) is 7.27. The molecule has 0 fully saturated rings. The Bertz CT molecular complexity index is 554. The molecule has 2 aromatic heterocycles. The fourth-order valence-electron chi connectivity index (χ4n) is 1.46. The first-order valence-corrected chi connectivity index (χ1v) is 4.29. The molecular formula is C10H7N3O. The van der Waals surface area contributed by atoms with Gasteiger partial charge in [0, 0.05) is 17.7 Å². The van der Waals surface area contributed by atoms with Gasteiger partial charge in [0.25, 0.3) is 0 Å². The minimum atomic E-state index is 0.712. The number of hydrogen-bond acceptors (Lipinski definition) is 3. The maximum absolute atomic E-state index is 4.92. The molecule has 2 heterocycles. The number of hydrogen-bond donors (Lipinski definition) is 1. The van der Waals surface area contributed by atoms with Gasteiger partial charge in [-0.1, -0.05) is 6.07 Å². The smallest absolute Gasteiger partial charge is 0.187 e. The molecule has 0 spiro atoms. The van der Waals surface area contributed by atoms with Crippen LogP contribution in [0, 0.1) is 0 Å². The zero-order valence-electron chi connectivity index (χ0n) is 7.27. The zero-order chi connectivity index (χ0) is 9.38. The van der Waals surface area contributed by atoms with E-state index in [4.69, 9.17) is 4.52 Å². The normalized spacial score (nSPS) is 10.9. The van der Waals surface area contributed by atoms with Crippen LogP contribution in [-0.2, 0) is 0 Å². The van der Waals surface area contributed by atoms with Gasteiger partial charge in [-0.05, 0) is 29.3 Å². The SMILES string of the molecule is c1cc(-c2ccc3onnc3c2)c[nH]1. The molecule has 0 bridgehead atoms. The molecule has 0 aliphatic heterocycles. The van der Waals surface area contributed by atoms with E-state index in [1.807, 2.05) is 36.7 Å². The fourth-order valence-corrected chi connectivity index (χ4v) is 1.46. The summed E-state index contributed by atoms with van der Waals surface area (Å²) in [7, 11) is 0. The van der Waals surface area contributed by atoms with Gasteiger partial charge in [0.05, 0.1) is 0 Å². The van der Waals surface area contributed by atoms with Crippen LogP contribution in [0.5, 0.6) is 0 Å². The molecule has 68 valence electrons. The Hall–Kier alpha value is -2.10. The van der Waals surface area contributed by atoms with Gasteiger partial charge in [0.1, 0.15) is 5.52 Å². The van der Waals surface area contributed by atoms with E-state index in [0.717, 1.165) is 16.6 Å². The van der Waals surface area contributed by atoms with Crippen molar-refractivity contribution in [1.82, 2.24) is 15.4 Å². The number of rotatable bonds is 1. The highest BCUT2D eigenvalue weighted by atomic mass is 16.5. The lowest BCUT2D eigenvalue weighted by Gasteiger charge is -1.94. The molecule has 0 aliphatic carbocycles. The minimum Gasteiger partial charge on any atom is -0.367 e. The molecule has 14 heavy (non-hydrogen) atoms. The lowest BCUT2D eigenvalue weighted by atomic mass is 10.1. The van der Waals surface area contributed by atoms with Crippen LogP contribution in [0.15, 0.2) is 41.2 Å². The molecule has 0 radical (unpaired) electrons. The Balaban J connectivity index is 2.23. The molecule has 3 rings (SSSR count). The number of nitrogens with one attached hydrogen (secondary N) is 1. The van der Waals surface area contributed by atoms with E-state index in [1.54, 1.807) is 0 Å². The van der Waals surface area contributed by atoms with E-state index in [9.17, 15) is 0 Å². The molecule has 1 aromatic carbocycles. The van der Waals surface area contributed by atoms with Crippen molar-refractivity contribution in [3.63, 3.8) is 0 Å². The van der Waals surface area contributed by atoms with Crippen molar-refractivity contribution in [3.8, 4) is 11.1 Å². The number of fused-ring (bicyclic) bond motifs is 1. The summed E-state index contributed by atoms with van der Waals surface area (Å²) in [6.07, 6.45) is 3.83. The van der Waals surface area contributed by atoms with Gasteiger partial charge in [0.15, 0.2) is 5.58 Å². The Labute approximate surface area is 79.5 Å². The first-order chi connectivity index (χ1) is 6.93. The predicted molar refractivity (Wildman–Crippen MR) is 51.6 cm³/mol. The van der Waals surface area contributed by atoms with Crippen molar-refractivity contribution in [2.24, 2.45) is 0 Å². The topological polar surface area (TPSA) is 54.7 Å². The number of aromatic nitrogens is 3. The van der Waals surface area contributed by atoms with Crippen LogP contribution in [0.1, 0.15) is 0 Å². The van der Waals surface area contributed by atoms with Crippen LogP contribution in [0.25, 0.3) is 22.2 Å². The molecule has 4 nitrogen and oxygen atoms in total. The number of benzene rings is 1. The summed E-state index contributed by atoms with van der Waals surface area (Å²) in [5.74, 6) is 0. The Morgan fingerprint density at radius 1 is 1.14 bits per heavy atom. The summed E-state index contributed by atoms with van der Waals surface area (Å²) in [5, 5.41) is 7.35. The van der Waals surface area contributed by atoms with Crippen molar-refractivity contribution < 1.29 is 4.52 Å². The number of aromatic amines is 1. The lowest BCUT2D eigenvalue weighted by molar-refractivity contribution is 0.424. The summed E-state index contributed by atoms with van der Waals surface area (Å²) in [6.45, 7) is 0. The Kier molecular flexibility index (Phi) is 1.41. The van der Waals surface area contributed by atoms with Crippen LogP contribution in [0.4, 0.5) is 0 Å². The summed E-state index contributed by atoms with van der Waals surface area (Å²) in [4.78, 5) is 3.01. The van der Waals surface area contributed by atoms with Gasteiger partial charge in [-0.3, -0.25) is 0 Å². The second-order valence-corrected chi connectivity index (χ2v) is 3.06. The summed E-state index contributed by atoms with van der Waals surface area (Å²) in [5.41, 5.74) is 3.73. The highest BCUT2D eigenvalue weighted by Gasteiger charge is 2.03. The van der Waals surface area contributed by atoms with Crippen LogP contribution >= 0.6 is 0 Å². The molecule has 0 saturated carbocycles. The standard InChI is InChI=1S/C10H7N3O/c1-2-10-9(12-13-14-10)5-7(1)8-3-4-11-6-8/h1-6,11H. The Morgan fingerprint density at radius 3 is 3.00 bits per heavy atom. The van der Waals surface area contributed by atoms with E-state index < -0.39 is 0 Å². The van der Waals surface area contributed by atoms with Crippen molar-refractivity contribution in [2.45, 2.75) is 0 Å². The van der Waals surface area contributed by atoms with Gasteiger partial charge in [-0.25, -0.2) is 0 Å². The fraction of sp³-hybridized carbons (Fsp3) is 0. The highest BCUT2D eigenvalue weighted by molar-refractivity contribution is 5.79. The molecule has 0 unspecified atom stereocenters. The first-order valence-electron chi connectivity index (χ1n) is 4.29. The lowest BCUT2D eigenvalue weighted by Crippen LogP contribution is -1.74. The molecule has 0 amide bonds. The van der Waals surface area contributed by atoms with Crippen molar-refractivity contribution in [1.29, 1.82) is 0 Å². The highest BCUT2D eigenvalue weighted by Crippen LogP contribution is 2.22. The maximum atomic E-state index is 4.92. The molecule has 0 atom stereocenters. The average Bonchev–Trinajstić information content (AvgIpc) is 2.88. The monoisotopic (exact) mass is 185 g/mol. The molecular weight excluding hydrogens is 178 g/mol. The number of H-pyrrole nitrogens is 1. The van der Waals surface area contributed by atoms with Gasteiger partial charge < -0.3 is 9.51 Å². The summed E-state index contributed by atoms with van der Waals surface area (Å²) < 4.78 is 4.92. The third-order valence-corrected chi connectivity index (χ3v) is 2.18. The van der Waals surface area contributed by atoms with Crippen molar-refractivity contribution in [3.05, 3.63) is 36.7 Å². The summed E-state index contributed by atoms with van der Waals surface area (Å²) >= 11 is 0. The van der Waals surface area contributed by atoms with E-state index in [2.05, 4.69) is 15.4 Å². The van der Waals surface area contributed by atoms with E-state index in [0.29, 0.717) is 5.58 Å². The van der Waals surface area contributed by atoms with Crippen molar-refractivity contribution >= 4 is 11.1 Å². The molecule has 0 saturated heterocycles. The van der Waals surface area contributed by atoms with E-state index in [-0.39, 0.29) is 0 Å². The van der Waals surface area contributed by atoms with Gasteiger partial charge in [-0.15, -0.1) is 5.10 Å². The van der Waals surface area contributed by atoms with Gasteiger partial charge in [0.2, 0.25) is 0 Å². The molecule has 4 heteroatoms. The third kappa shape index (κ3) is 1.01. The molecule has 1 N–H and O–H groups in total. The minimum absolute atomic E-state index is 0.712. The van der Waals surface area contributed by atoms with Crippen LogP contribution in [0.3, 0.4) is 0 Å². The predicted octanol–water partition coefficient (Wildman–Crippen LogP) is 2.22. The average molecular weight is 185 g/mol. The Morgan fingerprint density at radius 2 is 2.14 bits per heavy atom. The quantitative estimate of drug-likeness (QED) is 0.632. The molecule has 3 aromatic rings. The molecule has 0 aliphatic rings. The van der Waals surface area contributed by atoms with Crippen LogP contribution in [-0.4, -0.2) is 15.4 Å². The third-order valence-electron chi connectivity index (χ3n) is 2.18. The van der Waals surface area contributed by atoms with E-state index >= 15 is 0 Å². The van der Waals surface area contributed by atoms with E-state index in [1.165, 1.54) is 0 Å². The van der Waals surface area contributed by atoms with Gasteiger partial charge in [-0.2, -0.15) is 0 Å². The van der Waals surface area contributed by atoms with Crippen molar-refractivity contribution in [2.75, 3.05) is 0 Å². The van der Waals surface area contributed by atoms with Gasteiger partial charge >= 0.3 is 0 Å². The summed E-state index contributed by atoms with van der Waals surface area (Å²) in [6, 6.07) is 7.82.